The average molecular weight is 428 g/mol. The predicted molar refractivity (Wildman–Crippen MR) is 117 cm³/mol. The molecule has 0 aliphatic carbocycles. The molecule has 150 valence electrons. The van der Waals surface area contributed by atoms with E-state index in [1.807, 2.05) is 42.6 Å². The van der Waals surface area contributed by atoms with Gasteiger partial charge < -0.3 is 5.11 Å². The van der Waals surface area contributed by atoms with E-state index in [1.165, 1.54) is 6.42 Å². The van der Waals surface area contributed by atoms with Crippen molar-refractivity contribution in [3.63, 3.8) is 0 Å². The van der Waals surface area contributed by atoms with Crippen LogP contribution in [-0.2, 0) is 0 Å². The van der Waals surface area contributed by atoms with Crippen molar-refractivity contribution in [1.82, 2.24) is 14.9 Å². The van der Waals surface area contributed by atoms with Crippen molar-refractivity contribution < 1.29 is 5.11 Å². The fraction of sp³-hybridized carbons (Fsp3) is 0.304. The fourth-order valence-corrected chi connectivity index (χ4v) is 4.62. The molecule has 2 unspecified atom stereocenters. The van der Waals surface area contributed by atoms with Crippen LogP contribution in [0.2, 0.25) is 10.0 Å². The Bertz CT molecular complexity index is 941. The number of pyridine rings is 2. The van der Waals surface area contributed by atoms with Crippen LogP contribution >= 0.6 is 23.2 Å². The Morgan fingerprint density at radius 2 is 1.66 bits per heavy atom. The number of aliphatic hydroxyl groups excluding tert-OH is 1. The molecule has 4 rings (SSSR count). The fourth-order valence-electron chi connectivity index (χ4n) is 4.10. The lowest BCUT2D eigenvalue weighted by Gasteiger charge is -2.38. The van der Waals surface area contributed by atoms with Gasteiger partial charge in [-0.3, -0.25) is 14.9 Å². The van der Waals surface area contributed by atoms with Crippen LogP contribution in [0, 0.1) is 0 Å². The molecule has 29 heavy (non-hydrogen) atoms. The number of hydrogen-bond donors (Lipinski definition) is 1. The molecule has 1 N–H and O–H groups in total. The molecule has 4 nitrogen and oxygen atoms in total. The second-order valence-electron chi connectivity index (χ2n) is 7.37. The van der Waals surface area contributed by atoms with Gasteiger partial charge in [0, 0.05) is 39.8 Å². The molecule has 1 aliphatic heterocycles. The maximum atomic E-state index is 11.6. The number of rotatable bonds is 5. The molecule has 2 aromatic heterocycles. The SMILES string of the molecule is OC(c1cccnc1-c1cc(Cl)cc(Cl)c1)C(c1cccnc1)N1CCCCC1. The summed E-state index contributed by atoms with van der Waals surface area (Å²) in [5.74, 6) is 0. The minimum atomic E-state index is -0.765. The molecule has 0 bridgehead atoms. The van der Waals surface area contributed by atoms with E-state index in [4.69, 9.17) is 23.2 Å². The molecule has 1 aliphatic rings. The van der Waals surface area contributed by atoms with Gasteiger partial charge in [0.25, 0.3) is 0 Å². The second-order valence-corrected chi connectivity index (χ2v) is 8.24. The normalized spacial score (nSPS) is 17.1. The maximum Gasteiger partial charge on any atom is 0.101 e. The van der Waals surface area contributed by atoms with Gasteiger partial charge in [0.05, 0.1) is 11.7 Å². The Balaban J connectivity index is 1.78. The summed E-state index contributed by atoms with van der Waals surface area (Å²) in [5, 5.41) is 12.7. The van der Waals surface area contributed by atoms with Crippen LogP contribution in [-0.4, -0.2) is 33.1 Å². The molecule has 0 radical (unpaired) electrons. The van der Waals surface area contributed by atoms with Gasteiger partial charge in [0.2, 0.25) is 0 Å². The average Bonchev–Trinajstić information content (AvgIpc) is 2.75. The Kier molecular flexibility index (Phi) is 6.46. The number of piperidine rings is 1. The molecule has 6 heteroatoms. The third-order valence-corrected chi connectivity index (χ3v) is 5.84. The smallest absolute Gasteiger partial charge is 0.101 e. The van der Waals surface area contributed by atoms with Crippen LogP contribution in [0.1, 0.15) is 42.5 Å². The highest BCUT2D eigenvalue weighted by molar-refractivity contribution is 6.35. The third-order valence-electron chi connectivity index (χ3n) is 5.40. The van der Waals surface area contributed by atoms with Crippen molar-refractivity contribution in [1.29, 1.82) is 0 Å². The summed E-state index contributed by atoms with van der Waals surface area (Å²) in [6.07, 6.45) is 8.05. The minimum Gasteiger partial charge on any atom is -0.386 e. The summed E-state index contributed by atoms with van der Waals surface area (Å²) in [7, 11) is 0. The van der Waals surface area contributed by atoms with Crippen LogP contribution < -0.4 is 0 Å². The molecule has 1 saturated heterocycles. The summed E-state index contributed by atoms with van der Waals surface area (Å²) < 4.78 is 0. The Morgan fingerprint density at radius 1 is 0.931 bits per heavy atom. The molecule has 0 amide bonds. The minimum absolute atomic E-state index is 0.193. The third kappa shape index (κ3) is 4.62. The molecular weight excluding hydrogens is 405 g/mol. The van der Waals surface area contributed by atoms with E-state index in [2.05, 4.69) is 14.9 Å². The first-order chi connectivity index (χ1) is 14.1. The van der Waals surface area contributed by atoms with Crippen molar-refractivity contribution in [3.8, 4) is 11.3 Å². The van der Waals surface area contributed by atoms with Gasteiger partial charge in [-0.05, 0) is 61.8 Å². The molecule has 1 fully saturated rings. The van der Waals surface area contributed by atoms with Gasteiger partial charge in [0.1, 0.15) is 6.10 Å². The lowest BCUT2D eigenvalue weighted by Crippen LogP contribution is -2.37. The van der Waals surface area contributed by atoms with Gasteiger partial charge in [-0.1, -0.05) is 41.8 Å². The van der Waals surface area contributed by atoms with E-state index >= 15 is 0 Å². The van der Waals surface area contributed by atoms with E-state index in [1.54, 1.807) is 18.5 Å². The lowest BCUT2D eigenvalue weighted by atomic mass is 9.91. The van der Waals surface area contributed by atoms with Gasteiger partial charge in [-0.2, -0.15) is 0 Å². The standard InChI is InChI=1S/C23H23Cl2N3O/c24-18-12-17(13-19(25)14-18)21-20(7-5-9-27-21)23(29)22(16-6-4-8-26-15-16)28-10-2-1-3-11-28/h4-9,12-15,22-23,29H,1-3,10-11H2. The van der Waals surface area contributed by atoms with Crippen molar-refractivity contribution in [3.05, 3.63) is 82.2 Å². The zero-order valence-electron chi connectivity index (χ0n) is 16.0. The predicted octanol–water partition coefficient (Wildman–Crippen LogP) is 5.71. The van der Waals surface area contributed by atoms with E-state index < -0.39 is 6.10 Å². The number of halogens is 2. The molecule has 0 saturated carbocycles. The Labute approximate surface area is 181 Å². The van der Waals surface area contributed by atoms with Crippen molar-refractivity contribution >= 4 is 23.2 Å². The number of nitrogens with zero attached hydrogens (tertiary/aromatic N) is 3. The van der Waals surface area contributed by atoms with Crippen LogP contribution in [0.5, 0.6) is 0 Å². The van der Waals surface area contributed by atoms with Crippen molar-refractivity contribution in [2.24, 2.45) is 0 Å². The van der Waals surface area contributed by atoms with Gasteiger partial charge in [-0.15, -0.1) is 0 Å². The zero-order chi connectivity index (χ0) is 20.2. The molecule has 3 aromatic rings. The van der Waals surface area contributed by atoms with E-state index in [-0.39, 0.29) is 6.04 Å². The quantitative estimate of drug-likeness (QED) is 0.566. The monoisotopic (exact) mass is 427 g/mol. The molecule has 0 spiro atoms. The number of benzene rings is 1. The van der Waals surface area contributed by atoms with E-state index in [0.29, 0.717) is 15.7 Å². The van der Waals surface area contributed by atoms with Crippen molar-refractivity contribution in [2.45, 2.75) is 31.4 Å². The molecular formula is C23H23Cl2N3O. The zero-order valence-corrected chi connectivity index (χ0v) is 17.5. The van der Waals surface area contributed by atoms with Gasteiger partial charge in [0.15, 0.2) is 0 Å². The maximum absolute atomic E-state index is 11.6. The van der Waals surface area contributed by atoms with Gasteiger partial charge >= 0.3 is 0 Å². The summed E-state index contributed by atoms with van der Waals surface area (Å²) >= 11 is 12.4. The van der Waals surface area contributed by atoms with Crippen LogP contribution in [0.25, 0.3) is 11.3 Å². The first-order valence-corrected chi connectivity index (χ1v) is 10.6. The second kappa shape index (κ2) is 9.23. The number of aliphatic hydroxyl groups is 1. The summed E-state index contributed by atoms with van der Waals surface area (Å²) in [6.45, 7) is 1.91. The van der Waals surface area contributed by atoms with Crippen molar-refractivity contribution in [2.75, 3.05) is 13.1 Å². The number of hydrogen-bond acceptors (Lipinski definition) is 4. The highest BCUT2D eigenvalue weighted by Gasteiger charge is 2.31. The molecule has 2 atom stereocenters. The van der Waals surface area contributed by atoms with Crippen LogP contribution in [0.3, 0.4) is 0 Å². The lowest BCUT2D eigenvalue weighted by molar-refractivity contribution is 0.0362. The van der Waals surface area contributed by atoms with Gasteiger partial charge in [-0.25, -0.2) is 0 Å². The first-order valence-electron chi connectivity index (χ1n) is 9.87. The topological polar surface area (TPSA) is 49.3 Å². The van der Waals surface area contributed by atoms with E-state index in [9.17, 15) is 5.11 Å². The summed E-state index contributed by atoms with van der Waals surface area (Å²) in [5.41, 5.74) is 3.24. The largest absolute Gasteiger partial charge is 0.386 e. The summed E-state index contributed by atoms with van der Waals surface area (Å²) in [6, 6.07) is 12.9. The first kappa shape index (κ1) is 20.3. The molecule has 3 heterocycles. The Hall–Kier alpha value is -1.98. The van der Waals surface area contributed by atoms with Crippen LogP contribution in [0.15, 0.2) is 61.1 Å². The Morgan fingerprint density at radius 3 is 2.34 bits per heavy atom. The number of likely N-dealkylation sites (tertiary alicyclic amines) is 1. The van der Waals surface area contributed by atoms with Crippen LogP contribution in [0.4, 0.5) is 0 Å². The highest BCUT2D eigenvalue weighted by atomic mass is 35.5. The van der Waals surface area contributed by atoms with E-state index in [0.717, 1.165) is 42.6 Å². The molecule has 1 aromatic carbocycles. The summed E-state index contributed by atoms with van der Waals surface area (Å²) in [4.78, 5) is 11.2. The number of aromatic nitrogens is 2. The highest BCUT2D eigenvalue weighted by Crippen LogP contribution is 2.39.